The van der Waals surface area contributed by atoms with Crippen molar-refractivity contribution in [1.82, 2.24) is 4.90 Å². The fourth-order valence-corrected chi connectivity index (χ4v) is 3.08. The summed E-state index contributed by atoms with van der Waals surface area (Å²) in [6, 6.07) is 0.323. The second-order valence-corrected chi connectivity index (χ2v) is 6.42. The number of carbonyl (C=O) groups excluding carboxylic acids is 1. The van der Waals surface area contributed by atoms with Crippen molar-refractivity contribution in [2.45, 2.75) is 56.5 Å². The fraction of sp³-hybridized carbons (Fsp3) is 0.923. The molecular weight excluding hydrogens is 282 g/mol. The maximum Gasteiger partial charge on any atom is 0.237 e. The number of hydrogen-bond acceptors (Lipinski definition) is 2. The van der Waals surface area contributed by atoms with E-state index in [2.05, 4.69) is 34.7 Å². The zero-order valence-corrected chi connectivity index (χ0v) is 12.3. The lowest BCUT2D eigenvalue weighted by molar-refractivity contribution is -0.149. The molecule has 0 aromatic rings. The highest BCUT2D eigenvalue weighted by molar-refractivity contribution is 9.10. The van der Waals surface area contributed by atoms with Gasteiger partial charge in [-0.1, -0.05) is 42.6 Å². The molecule has 2 rings (SSSR count). The van der Waals surface area contributed by atoms with Crippen LogP contribution in [0.5, 0.6) is 0 Å². The smallest absolute Gasteiger partial charge is 0.237 e. The first-order chi connectivity index (χ1) is 8.11. The van der Waals surface area contributed by atoms with Gasteiger partial charge in [-0.2, -0.15) is 0 Å². The Morgan fingerprint density at radius 1 is 1.35 bits per heavy atom. The van der Waals surface area contributed by atoms with Gasteiger partial charge in [0.25, 0.3) is 0 Å². The van der Waals surface area contributed by atoms with Crippen LogP contribution in [0.15, 0.2) is 0 Å². The molecule has 0 spiro atoms. The average molecular weight is 304 g/mol. The summed E-state index contributed by atoms with van der Waals surface area (Å²) in [5, 5.41) is 0. The maximum absolute atomic E-state index is 12.4. The molecule has 1 aliphatic heterocycles. The third-order valence-corrected chi connectivity index (χ3v) is 5.29. The Morgan fingerprint density at radius 3 is 2.76 bits per heavy atom. The summed E-state index contributed by atoms with van der Waals surface area (Å²) in [5.74, 6) is 0.590. The number of fused-ring (bicyclic) bond motifs is 1. The largest absolute Gasteiger partial charge is 0.374 e. The molecule has 0 radical (unpaired) electrons. The van der Waals surface area contributed by atoms with E-state index in [0.717, 1.165) is 19.4 Å². The second-order valence-electron chi connectivity index (χ2n) is 5.44. The van der Waals surface area contributed by atoms with Gasteiger partial charge in [0.1, 0.15) is 0 Å². The molecule has 17 heavy (non-hydrogen) atoms. The third kappa shape index (κ3) is 2.84. The van der Waals surface area contributed by atoms with Gasteiger partial charge in [0.15, 0.2) is 0 Å². The second kappa shape index (κ2) is 5.70. The molecule has 3 nitrogen and oxygen atoms in total. The molecule has 0 bridgehead atoms. The van der Waals surface area contributed by atoms with E-state index >= 15 is 0 Å². The number of rotatable bonds is 2. The SMILES string of the molecule is CC(C)C(Br)C(=O)N1CCOC2CCCCC21. The molecular formula is C13H22BrNO2. The molecule has 1 aliphatic carbocycles. The first-order valence-corrected chi connectivity index (χ1v) is 7.59. The summed E-state index contributed by atoms with van der Waals surface area (Å²) < 4.78 is 5.79. The van der Waals surface area contributed by atoms with Gasteiger partial charge in [-0.15, -0.1) is 0 Å². The standard InChI is InChI=1S/C13H22BrNO2/c1-9(2)12(14)13(16)15-7-8-17-11-6-4-3-5-10(11)15/h9-12H,3-8H2,1-2H3. The summed E-state index contributed by atoms with van der Waals surface area (Å²) in [6.07, 6.45) is 4.97. The lowest BCUT2D eigenvalue weighted by Gasteiger charge is -2.44. The van der Waals surface area contributed by atoms with E-state index in [0.29, 0.717) is 18.6 Å². The van der Waals surface area contributed by atoms with E-state index in [1.807, 2.05) is 0 Å². The number of amides is 1. The molecule has 4 heteroatoms. The van der Waals surface area contributed by atoms with Gasteiger partial charge in [-0.3, -0.25) is 4.79 Å². The Bertz CT molecular complexity index is 281. The molecule has 1 saturated heterocycles. The van der Waals surface area contributed by atoms with Crippen LogP contribution in [0.2, 0.25) is 0 Å². The lowest BCUT2D eigenvalue weighted by atomic mass is 9.89. The Hall–Kier alpha value is -0.0900. The fourth-order valence-electron chi connectivity index (χ4n) is 2.81. The van der Waals surface area contributed by atoms with E-state index in [4.69, 9.17) is 4.74 Å². The highest BCUT2D eigenvalue weighted by Gasteiger charge is 2.38. The van der Waals surface area contributed by atoms with Crippen molar-refractivity contribution < 1.29 is 9.53 Å². The van der Waals surface area contributed by atoms with Gasteiger partial charge in [0, 0.05) is 6.54 Å². The van der Waals surface area contributed by atoms with Crippen molar-refractivity contribution in [3.63, 3.8) is 0 Å². The number of halogens is 1. The molecule has 2 aliphatic rings. The number of carbonyl (C=O) groups is 1. The van der Waals surface area contributed by atoms with E-state index in [1.165, 1.54) is 12.8 Å². The number of nitrogens with zero attached hydrogens (tertiary/aromatic N) is 1. The third-order valence-electron chi connectivity index (χ3n) is 3.84. The van der Waals surface area contributed by atoms with Crippen LogP contribution in [0.4, 0.5) is 0 Å². The minimum absolute atomic E-state index is 0.0526. The lowest BCUT2D eigenvalue weighted by Crippen LogP contribution is -2.56. The van der Waals surface area contributed by atoms with Crippen molar-refractivity contribution in [1.29, 1.82) is 0 Å². The van der Waals surface area contributed by atoms with E-state index in [-0.39, 0.29) is 16.8 Å². The van der Waals surface area contributed by atoms with Crippen LogP contribution in [-0.4, -0.2) is 40.9 Å². The summed E-state index contributed by atoms with van der Waals surface area (Å²) >= 11 is 3.53. The average Bonchev–Trinajstić information content (AvgIpc) is 2.36. The minimum atomic E-state index is -0.0526. The van der Waals surface area contributed by atoms with Crippen LogP contribution >= 0.6 is 15.9 Å². The molecule has 0 aromatic carbocycles. The predicted molar refractivity (Wildman–Crippen MR) is 71.3 cm³/mol. The van der Waals surface area contributed by atoms with E-state index < -0.39 is 0 Å². The number of ether oxygens (including phenoxy) is 1. The van der Waals surface area contributed by atoms with Crippen LogP contribution in [0.25, 0.3) is 0 Å². The summed E-state index contributed by atoms with van der Waals surface area (Å²) in [7, 11) is 0. The molecule has 1 saturated carbocycles. The van der Waals surface area contributed by atoms with Gasteiger partial charge in [-0.05, 0) is 18.8 Å². The molecule has 0 N–H and O–H groups in total. The molecule has 1 amide bonds. The molecule has 3 unspecified atom stereocenters. The Balaban J connectivity index is 2.05. The summed E-state index contributed by atoms with van der Waals surface area (Å²) in [5.41, 5.74) is 0. The zero-order valence-electron chi connectivity index (χ0n) is 10.7. The zero-order chi connectivity index (χ0) is 12.4. The van der Waals surface area contributed by atoms with Gasteiger partial charge in [0.2, 0.25) is 5.91 Å². The maximum atomic E-state index is 12.4. The topological polar surface area (TPSA) is 29.5 Å². The monoisotopic (exact) mass is 303 g/mol. The molecule has 98 valence electrons. The van der Waals surface area contributed by atoms with Crippen LogP contribution in [0.3, 0.4) is 0 Å². The van der Waals surface area contributed by atoms with Crippen LogP contribution < -0.4 is 0 Å². The Labute approximate surface area is 112 Å². The molecule has 2 fully saturated rings. The minimum Gasteiger partial charge on any atom is -0.374 e. The van der Waals surface area contributed by atoms with Crippen LogP contribution in [0.1, 0.15) is 39.5 Å². The summed E-state index contributed by atoms with van der Waals surface area (Å²) in [4.78, 5) is 14.4. The molecule has 0 aromatic heterocycles. The number of morpholine rings is 1. The van der Waals surface area contributed by atoms with E-state index in [9.17, 15) is 4.79 Å². The van der Waals surface area contributed by atoms with Gasteiger partial charge >= 0.3 is 0 Å². The van der Waals surface area contributed by atoms with Crippen molar-refractivity contribution in [3.8, 4) is 0 Å². The van der Waals surface area contributed by atoms with Crippen molar-refractivity contribution in [2.75, 3.05) is 13.2 Å². The number of hydrogen-bond donors (Lipinski definition) is 0. The van der Waals surface area contributed by atoms with Gasteiger partial charge < -0.3 is 9.64 Å². The van der Waals surface area contributed by atoms with Crippen molar-refractivity contribution in [3.05, 3.63) is 0 Å². The molecule has 1 heterocycles. The van der Waals surface area contributed by atoms with Crippen molar-refractivity contribution >= 4 is 21.8 Å². The first kappa shape index (κ1) is 13.3. The summed E-state index contributed by atoms with van der Waals surface area (Å²) in [6.45, 7) is 5.62. The highest BCUT2D eigenvalue weighted by Crippen LogP contribution is 2.30. The predicted octanol–water partition coefficient (Wildman–Crippen LogP) is 2.58. The van der Waals surface area contributed by atoms with Gasteiger partial charge in [-0.25, -0.2) is 0 Å². The van der Waals surface area contributed by atoms with Crippen LogP contribution in [0, 0.1) is 5.92 Å². The highest BCUT2D eigenvalue weighted by atomic mass is 79.9. The first-order valence-electron chi connectivity index (χ1n) is 6.67. The number of alkyl halides is 1. The van der Waals surface area contributed by atoms with Crippen LogP contribution in [-0.2, 0) is 9.53 Å². The Morgan fingerprint density at radius 2 is 2.06 bits per heavy atom. The Kier molecular flexibility index (Phi) is 4.47. The van der Waals surface area contributed by atoms with Gasteiger partial charge in [0.05, 0.1) is 23.6 Å². The van der Waals surface area contributed by atoms with E-state index in [1.54, 1.807) is 0 Å². The normalized spacial score (nSPS) is 31.2. The van der Waals surface area contributed by atoms with Crippen molar-refractivity contribution in [2.24, 2.45) is 5.92 Å². The molecule has 3 atom stereocenters. The quantitative estimate of drug-likeness (QED) is 0.734.